The van der Waals surface area contributed by atoms with Crippen molar-refractivity contribution < 1.29 is 9.57 Å². The van der Waals surface area contributed by atoms with Crippen molar-refractivity contribution in [2.24, 2.45) is 5.16 Å². The first kappa shape index (κ1) is 17.1. The number of nitrogens with zero attached hydrogens (tertiary/aromatic N) is 3. The van der Waals surface area contributed by atoms with Gasteiger partial charge < -0.3 is 14.5 Å². The fourth-order valence-electron chi connectivity index (χ4n) is 3.73. The highest BCUT2D eigenvalue weighted by Gasteiger charge is 2.35. The largest absolute Gasteiger partial charge is 0.497 e. The minimum absolute atomic E-state index is 0.0832. The number of methoxy groups -OCH3 is 1. The number of piperazine rings is 1. The summed E-state index contributed by atoms with van der Waals surface area (Å²) in [5.41, 5.74) is 2.53. The summed E-state index contributed by atoms with van der Waals surface area (Å²) in [5.74, 6) is 0.903. The van der Waals surface area contributed by atoms with Crippen LogP contribution in [0, 0.1) is 0 Å². The number of anilines is 1. The van der Waals surface area contributed by atoms with E-state index in [1.807, 2.05) is 12.1 Å². The fourth-order valence-corrected chi connectivity index (χ4v) is 3.73. The van der Waals surface area contributed by atoms with Gasteiger partial charge in [0.1, 0.15) is 11.9 Å². The molecular weight excluding hydrogens is 302 g/mol. The van der Waals surface area contributed by atoms with Gasteiger partial charge in [-0.15, -0.1) is 0 Å². The van der Waals surface area contributed by atoms with Crippen molar-refractivity contribution in [3.8, 4) is 5.75 Å². The van der Waals surface area contributed by atoms with E-state index >= 15 is 0 Å². The maximum Gasteiger partial charge on any atom is 0.145 e. The van der Waals surface area contributed by atoms with Crippen LogP contribution in [0.2, 0.25) is 0 Å². The Bertz CT molecular complexity index is 583. The topological polar surface area (TPSA) is 37.3 Å². The van der Waals surface area contributed by atoms with Crippen molar-refractivity contribution in [3.05, 3.63) is 24.3 Å². The van der Waals surface area contributed by atoms with E-state index in [1.54, 1.807) is 7.11 Å². The van der Waals surface area contributed by atoms with E-state index in [1.165, 1.54) is 11.4 Å². The molecule has 5 heteroatoms. The SMILES string of the molecule is CCC1=NOC(CN2CCN(c3ccc(OC)cc3)C(C)(C)C2)C1. The zero-order chi connectivity index (χ0) is 17.2. The van der Waals surface area contributed by atoms with Crippen molar-refractivity contribution in [2.45, 2.75) is 45.3 Å². The summed E-state index contributed by atoms with van der Waals surface area (Å²) < 4.78 is 5.27. The average molecular weight is 331 g/mol. The number of benzene rings is 1. The molecule has 0 saturated carbocycles. The normalized spacial score (nSPS) is 23.8. The van der Waals surface area contributed by atoms with E-state index in [0.29, 0.717) is 0 Å². The number of rotatable bonds is 5. The molecule has 5 nitrogen and oxygen atoms in total. The van der Waals surface area contributed by atoms with E-state index < -0.39 is 0 Å². The third-order valence-corrected chi connectivity index (χ3v) is 5.03. The van der Waals surface area contributed by atoms with Gasteiger partial charge in [0.15, 0.2) is 0 Å². The molecule has 132 valence electrons. The molecule has 1 fully saturated rings. The van der Waals surface area contributed by atoms with Gasteiger partial charge in [0.05, 0.1) is 12.8 Å². The summed E-state index contributed by atoms with van der Waals surface area (Å²) >= 11 is 0. The van der Waals surface area contributed by atoms with Crippen LogP contribution in [0.4, 0.5) is 5.69 Å². The summed E-state index contributed by atoms with van der Waals surface area (Å²) in [6.45, 7) is 10.8. The molecule has 3 rings (SSSR count). The summed E-state index contributed by atoms with van der Waals surface area (Å²) in [7, 11) is 1.70. The Morgan fingerprint density at radius 1 is 1.25 bits per heavy atom. The van der Waals surface area contributed by atoms with Crippen molar-refractivity contribution in [1.82, 2.24) is 4.90 Å². The second kappa shape index (κ2) is 7.01. The first-order valence-corrected chi connectivity index (χ1v) is 8.87. The molecule has 0 amide bonds. The summed E-state index contributed by atoms with van der Waals surface area (Å²) in [6, 6.07) is 8.37. The molecule has 0 bridgehead atoms. The van der Waals surface area contributed by atoms with Gasteiger partial charge in [0, 0.05) is 43.8 Å². The molecule has 0 N–H and O–H groups in total. The lowest BCUT2D eigenvalue weighted by atomic mass is 9.97. The van der Waals surface area contributed by atoms with Gasteiger partial charge in [-0.2, -0.15) is 0 Å². The molecule has 0 aromatic heterocycles. The maximum atomic E-state index is 5.58. The van der Waals surface area contributed by atoms with Crippen molar-refractivity contribution in [1.29, 1.82) is 0 Å². The van der Waals surface area contributed by atoms with Crippen LogP contribution in [0.15, 0.2) is 29.4 Å². The molecule has 2 aliphatic rings. The van der Waals surface area contributed by atoms with Gasteiger partial charge in [-0.05, 0) is 44.5 Å². The molecule has 2 heterocycles. The average Bonchev–Trinajstić information content (AvgIpc) is 3.02. The number of oxime groups is 1. The van der Waals surface area contributed by atoms with E-state index in [2.05, 4.69) is 47.9 Å². The first-order chi connectivity index (χ1) is 11.5. The van der Waals surface area contributed by atoms with Gasteiger partial charge in [-0.25, -0.2) is 0 Å². The highest BCUT2D eigenvalue weighted by atomic mass is 16.6. The molecule has 1 atom stereocenters. The Hall–Kier alpha value is -1.75. The van der Waals surface area contributed by atoms with Crippen LogP contribution in [0.1, 0.15) is 33.6 Å². The van der Waals surface area contributed by atoms with Gasteiger partial charge in [0.25, 0.3) is 0 Å². The predicted octanol–water partition coefficient (Wildman–Crippen LogP) is 3.15. The highest BCUT2D eigenvalue weighted by molar-refractivity contribution is 5.85. The van der Waals surface area contributed by atoms with Crippen LogP contribution >= 0.6 is 0 Å². The monoisotopic (exact) mass is 331 g/mol. The quantitative estimate of drug-likeness (QED) is 0.831. The van der Waals surface area contributed by atoms with Gasteiger partial charge in [-0.3, -0.25) is 4.90 Å². The summed E-state index contributed by atoms with van der Waals surface area (Å²) in [6.07, 6.45) is 2.20. The van der Waals surface area contributed by atoms with Crippen LogP contribution < -0.4 is 9.64 Å². The second-order valence-corrected chi connectivity index (χ2v) is 7.34. The third kappa shape index (κ3) is 3.66. The summed E-state index contributed by atoms with van der Waals surface area (Å²) in [4.78, 5) is 10.6. The molecular formula is C19H29N3O2. The molecule has 1 aromatic rings. The molecule has 0 radical (unpaired) electrons. The van der Waals surface area contributed by atoms with E-state index in [-0.39, 0.29) is 11.6 Å². The molecule has 0 aliphatic carbocycles. The van der Waals surface area contributed by atoms with Gasteiger partial charge in [0.2, 0.25) is 0 Å². The fraction of sp³-hybridized carbons (Fsp3) is 0.632. The minimum Gasteiger partial charge on any atom is -0.497 e. The lowest BCUT2D eigenvalue weighted by Crippen LogP contribution is -2.60. The first-order valence-electron chi connectivity index (χ1n) is 8.87. The lowest BCUT2D eigenvalue weighted by molar-refractivity contribution is 0.0415. The Kier molecular flexibility index (Phi) is 4.99. The van der Waals surface area contributed by atoms with Crippen LogP contribution in [-0.4, -0.2) is 55.5 Å². The molecule has 24 heavy (non-hydrogen) atoms. The molecule has 0 spiro atoms. The van der Waals surface area contributed by atoms with E-state index in [0.717, 1.165) is 44.8 Å². The van der Waals surface area contributed by atoms with Crippen LogP contribution in [0.25, 0.3) is 0 Å². The minimum atomic E-state index is 0.0832. The van der Waals surface area contributed by atoms with E-state index in [4.69, 9.17) is 9.57 Å². The Morgan fingerprint density at radius 3 is 2.58 bits per heavy atom. The third-order valence-electron chi connectivity index (χ3n) is 5.03. The van der Waals surface area contributed by atoms with Crippen LogP contribution in [0.5, 0.6) is 5.75 Å². The van der Waals surface area contributed by atoms with Crippen LogP contribution in [-0.2, 0) is 4.84 Å². The molecule has 1 unspecified atom stereocenters. The smallest absolute Gasteiger partial charge is 0.145 e. The highest BCUT2D eigenvalue weighted by Crippen LogP contribution is 2.30. The number of hydrogen-bond donors (Lipinski definition) is 0. The van der Waals surface area contributed by atoms with Gasteiger partial charge >= 0.3 is 0 Å². The summed E-state index contributed by atoms with van der Waals surface area (Å²) in [5, 5.41) is 4.18. The Labute approximate surface area is 145 Å². The molecule has 2 aliphatic heterocycles. The van der Waals surface area contributed by atoms with Gasteiger partial charge in [-0.1, -0.05) is 12.1 Å². The lowest BCUT2D eigenvalue weighted by Gasteiger charge is -2.48. The predicted molar refractivity (Wildman–Crippen MR) is 98.1 cm³/mol. The molecule has 1 aromatic carbocycles. The number of ether oxygens (including phenoxy) is 1. The molecule has 1 saturated heterocycles. The number of hydrogen-bond acceptors (Lipinski definition) is 5. The van der Waals surface area contributed by atoms with Crippen molar-refractivity contribution >= 4 is 11.4 Å². The Balaban J connectivity index is 1.60. The van der Waals surface area contributed by atoms with Crippen molar-refractivity contribution in [2.75, 3.05) is 38.2 Å². The zero-order valence-electron chi connectivity index (χ0n) is 15.3. The standard InChI is InChI=1S/C19H29N3O2/c1-5-15-12-18(24-20-15)13-21-10-11-22(19(2,3)14-21)16-6-8-17(23-4)9-7-16/h6-9,18H,5,10-14H2,1-4H3. The Morgan fingerprint density at radius 2 is 2.00 bits per heavy atom. The maximum absolute atomic E-state index is 5.58. The van der Waals surface area contributed by atoms with E-state index in [9.17, 15) is 0 Å². The zero-order valence-corrected chi connectivity index (χ0v) is 15.3. The van der Waals surface area contributed by atoms with Crippen molar-refractivity contribution in [3.63, 3.8) is 0 Å². The second-order valence-electron chi connectivity index (χ2n) is 7.34. The van der Waals surface area contributed by atoms with Crippen LogP contribution in [0.3, 0.4) is 0 Å².